The van der Waals surface area contributed by atoms with Gasteiger partial charge in [0.2, 0.25) is 5.69 Å². The first-order chi connectivity index (χ1) is 17.3. The minimum Gasteiger partial charge on any atom is -0.497 e. The normalized spacial score (nSPS) is 10.9. The second kappa shape index (κ2) is 10.4. The number of anilines is 1. The maximum atomic E-state index is 13.4. The molecule has 1 amide bonds. The number of nitrogens with zero attached hydrogens (tertiary/aromatic N) is 3. The maximum absolute atomic E-state index is 13.4. The first-order valence-electron chi connectivity index (χ1n) is 11.3. The molecule has 0 fully saturated rings. The van der Waals surface area contributed by atoms with Crippen molar-refractivity contribution in [2.75, 3.05) is 12.4 Å². The number of hydrogen-bond acceptors (Lipinski definition) is 5. The maximum Gasteiger partial charge on any atom is 0.352 e. The minimum absolute atomic E-state index is 0.0989. The van der Waals surface area contributed by atoms with Crippen molar-refractivity contribution in [1.82, 2.24) is 14.3 Å². The smallest absolute Gasteiger partial charge is 0.352 e. The van der Waals surface area contributed by atoms with Gasteiger partial charge in [-0.25, -0.2) is 9.18 Å². The van der Waals surface area contributed by atoms with Gasteiger partial charge in [0.25, 0.3) is 11.5 Å². The number of halogens is 1. The van der Waals surface area contributed by atoms with Crippen LogP contribution in [0.5, 0.6) is 5.75 Å². The van der Waals surface area contributed by atoms with E-state index in [1.54, 1.807) is 36.4 Å². The van der Waals surface area contributed by atoms with Crippen LogP contribution >= 0.6 is 0 Å². The molecule has 0 radical (unpaired) electrons. The molecule has 1 aromatic heterocycles. The highest BCUT2D eigenvalue weighted by Crippen LogP contribution is 2.16. The molecule has 3 aromatic carbocycles. The second-order valence-electron chi connectivity index (χ2n) is 8.49. The highest BCUT2D eigenvalue weighted by atomic mass is 19.1. The Hall–Kier alpha value is -4.53. The summed E-state index contributed by atoms with van der Waals surface area (Å²) in [5.74, 6) is -0.444. The van der Waals surface area contributed by atoms with Crippen LogP contribution in [0, 0.1) is 5.82 Å². The van der Waals surface area contributed by atoms with E-state index in [0.717, 1.165) is 14.8 Å². The molecule has 1 heterocycles. The lowest BCUT2D eigenvalue weighted by Crippen LogP contribution is -2.45. The summed E-state index contributed by atoms with van der Waals surface area (Å²) in [5, 5.41) is 6.67. The Labute approximate surface area is 206 Å². The highest BCUT2D eigenvalue weighted by molar-refractivity contribution is 6.02. The van der Waals surface area contributed by atoms with Crippen LogP contribution in [0.25, 0.3) is 5.69 Å². The van der Waals surface area contributed by atoms with E-state index in [-0.39, 0.29) is 18.2 Å². The summed E-state index contributed by atoms with van der Waals surface area (Å²) < 4.78 is 20.5. The van der Waals surface area contributed by atoms with Crippen molar-refractivity contribution in [3.8, 4) is 11.4 Å². The van der Waals surface area contributed by atoms with Crippen molar-refractivity contribution in [2.24, 2.45) is 0 Å². The van der Waals surface area contributed by atoms with Crippen LogP contribution in [0.1, 0.15) is 41.4 Å². The van der Waals surface area contributed by atoms with Crippen molar-refractivity contribution in [3.63, 3.8) is 0 Å². The van der Waals surface area contributed by atoms with Crippen LogP contribution in [0.2, 0.25) is 0 Å². The largest absolute Gasteiger partial charge is 0.497 e. The number of benzene rings is 3. The van der Waals surface area contributed by atoms with Crippen molar-refractivity contribution in [1.29, 1.82) is 0 Å². The Balaban J connectivity index is 1.83. The Bertz CT molecular complexity index is 1510. The van der Waals surface area contributed by atoms with E-state index < -0.39 is 28.7 Å². The van der Waals surface area contributed by atoms with Gasteiger partial charge in [-0.1, -0.05) is 38.1 Å². The predicted octanol–water partition coefficient (Wildman–Crippen LogP) is 3.97. The number of aromatic nitrogens is 3. The summed E-state index contributed by atoms with van der Waals surface area (Å²) in [6, 6.07) is 19.2. The van der Waals surface area contributed by atoms with Gasteiger partial charge in [0, 0.05) is 5.69 Å². The number of carbonyl (C=O) groups is 1. The van der Waals surface area contributed by atoms with Crippen molar-refractivity contribution in [2.45, 2.75) is 26.3 Å². The van der Waals surface area contributed by atoms with Gasteiger partial charge in [0.1, 0.15) is 11.6 Å². The van der Waals surface area contributed by atoms with Gasteiger partial charge in [-0.15, -0.1) is 0 Å². The molecule has 0 aliphatic rings. The van der Waals surface area contributed by atoms with Crippen LogP contribution in [0.4, 0.5) is 10.1 Å². The average Bonchev–Trinajstić information content (AvgIpc) is 2.88. The third kappa shape index (κ3) is 5.25. The van der Waals surface area contributed by atoms with E-state index in [0.29, 0.717) is 17.0 Å². The zero-order chi connectivity index (χ0) is 25.8. The molecule has 36 heavy (non-hydrogen) atoms. The summed E-state index contributed by atoms with van der Waals surface area (Å²) >= 11 is 0. The number of nitrogens with one attached hydrogen (secondary N) is 1. The summed E-state index contributed by atoms with van der Waals surface area (Å²) in [5.41, 5.74) is 0.350. The van der Waals surface area contributed by atoms with E-state index >= 15 is 0 Å². The van der Waals surface area contributed by atoms with Crippen molar-refractivity contribution < 1.29 is 13.9 Å². The van der Waals surface area contributed by atoms with Gasteiger partial charge >= 0.3 is 5.69 Å². The molecule has 9 heteroatoms. The van der Waals surface area contributed by atoms with Gasteiger partial charge in [-0.2, -0.15) is 9.78 Å². The molecule has 0 atom stereocenters. The summed E-state index contributed by atoms with van der Waals surface area (Å²) in [6.45, 7) is 4.00. The van der Waals surface area contributed by atoms with E-state index in [9.17, 15) is 18.8 Å². The summed E-state index contributed by atoms with van der Waals surface area (Å²) in [4.78, 5) is 39.7. The number of ether oxygens (including phenoxy) is 1. The van der Waals surface area contributed by atoms with Gasteiger partial charge in [0.05, 0.1) is 19.3 Å². The summed E-state index contributed by atoms with van der Waals surface area (Å²) in [6.07, 6.45) is 0. The summed E-state index contributed by atoms with van der Waals surface area (Å²) in [7, 11) is 1.52. The van der Waals surface area contributed by atoms with Crippen molar-refractivity contribution in [3.05, 3.63) is 116 Å². The molecular weight excluding hydrogens is 463 g/mol. The Kier molecular flexibility index (Phi) is 7.10. The van der Waals surface area contributed by atoms with Crippen LogP contribution < -0.4 is 21.3 Å². The number of rotatable bonds is 7. The van der Waals surface area contributed by atoms with Crippen LogP contribution in [0.3, 0.4) is 0 Å². The minimum atomic E-state index is -0.850. The fraction of sp³-hybridized carbons (Fsp3) is 0.185. The standard InChI is InChI=1S/C27H25FN4O4/c1-17(2)19-7-13-22(14-8-19)32-27(35)31(16-18-5-4-6-23(15-18)36-3)26(34)24(30-32)25(33)29-21-11-9-20(28)10-12-21/h4-15,17H,16H2,1-3H3,(H,29,33). The monoisotopic (exact) mass is 488 g/mol. The van der Waals surface area contributed by atoms with Gasteiger partial charge in [-0.3, -0.25) is 14.2 Å². The molecule has 0 unspecified atom stereocenters. The number of hydrogen-bond donors (Lipinski definition) is 1. The highest BCUT2D eigenvalue weighted by Gasteiger charge is 2.21. The number of methoxy groups -OCH3 is 1. The lowest BCUT2D eigenvalue weighted by Gasteiger charge is -2.13. The Morgan fingerprint density at radius 2 is 1.72 bits per heavy atom. The zero-order valence-corrected chi connectivity index (χ0v) is 20.1. The molecule has 8 nitrogen and oxygen atoms in total. The van der Waals surface area contributed by atoms with Crippen LogP contribution in [-0.4, -0.2) is 27.4 Å². The Morgan fingerprint density at radius 1 is 1.03 bits per heavy atom. The topological polar surface area (TPSA) is 95.2 Å². The van der Waals surface area contributed by atoms with E-state index in [4.69, 9.17) is 4.74 Å². The van der Waals surface area contributed by atoms with Gasteiger partial charge in [-0.05, 0) is 65.6 Å². The Morgan fingerprint density at radius 3 is 2.36 bits per heavy atom. The molecule has 0 bridgehead atoms. The molecule has 0 aliphatic heterocycles. The molecule has 4 rings (SSSR count). The fourth-order valence-electron chi connectivity index (χ4n) is 3.64. The molecule has 1 N–H and O–H groups in total. The third-order valence-corrected chi connectivity index (χ3v) is 5.66. The van der Waals surface area contributed by atoms with Gasteiger partial charge in [0.15, 0.2) is 0 Å². The SMILES string of the molecule is COc1cccc(Cn2c(=O)c(C(=O)Nc3ccc(F)cc3)nn(-c3ccc(C(C)C)cc3)c2=O)c1. The zero-order valence-electron chi connectivity index (χ0n) is 20.1. The first-order valence-corrected chi connectivity index (χ1v) is 11.3. The predicted molar refractivity (Wildman–Crippen MR) is 135 cm³/mol. The van der Waals surface area contributed by atoms with Crippen molar-refractivity contribution >= 4 is 11.6 Å². The number of carbonyl (C=O) groups excluding carboxylic acids is 1. The molecule has 0 saturated carbocycles. The van der Waals surface area contributed by atoms with Crippen LogP contribution in [-0.2, 0) is 6.54 Å². The average molecular weight is 489 g/mol. The van der Waals surface area contributed by atoms with E-state index in [2.05, 4.69) is 10.4 Å². The lowest BCUT2D eigenvalue weighted by atomic mass is 10.0. The molecule has 0 saturated heterocycles. The molecule has 0 spiro atoms. The fourth-order valence-corrected chi connectivity index (χ4v) is 3.64. The quantitative estimate of drug-likeness (QED) is 0.425. The van der Waals surface area contributed by atoms with E-state index in [1.165, 1.54) is 31.4 Å². The molecule has 0 aliphatic carbocycles. The lowest BCUT2D eigenvalue weighted by molar-refractivity contribution is 0.101. The molecule has 184 valence electrons. The molecular formula is C27H25FN4O4. The third-order valence-electron chi connectivity index (χ3n) is 5.66. The van der Waals surface area contributed by atoms with Gasteiger partial charge < -0.3 is 10.1 Å². The van der Waals surface area contributed by atoms with Crippen LogP contribution in [0.15, 0.2) is 82.4 Å². The second-order valence-corrected chi connectivity index (χ2v) is 8.49. The number of amides is 1. The van der Waals surface area contributed by atoms with E-state index in [1.807, 2.05) is 26.0 Å². The first kappa shape index (κ1) is 24.6. The molecule has 4 aromatic rings.